The fraction of sp³-hybridized carbons (Fsp3) is 0.650. The van der Waals surface area contributed by atoms with E-state index in [9.17, 15) is 9.90 Å². The summed E-state index contributed by atoms with van der Waals surface area (Å²) in [5.41, 5.74) is 1.20. The van der Waals surface area contributed by atoms with Crippen molar-refractivity contribution in [1.29, 1.82) is 0 Å². The Morgan fingerprint density at radius 1 is 0.957 bits per heavy atom. The molecule has 0 heterocycles. The van der Waals surface area contributed by atoms with E-state index in [0.29, 0.717) is 12.4 Å². The molecule has 0 saturated heterocycles. The van der Waals surface area contributed by atoms with Gasteiger partial charge in [-0.15, -0.1) is 0 Å². The second-order valence-corrected chi connectivity index (χ2v) is 6.34. The predicted molar refractivity (Wildman–Crippen MR) is 95.5 cm³/mol. The zero-order valence-corrected chi connectivity index (χ0v) is 14.8. The Kier molecular flexibility index (Phi) is 10.2. The number of ether oxygens (including phenoxy) is 1. The minimum atomic E-state index is -0.924. The first-order valence-corrected chi connectivity index (χ1v) is 9.12. The largest absolute Gasteiger partial charge is 0.493 e. The maximum absolute atomic E-state index is 11.2. The van der Waals surface area contributed by atoms with E-state index in [4.69, 9.17) is 4.74 Å². The van der Waals surface area contributed by atoms with Gasteiger partial charge in [-0.25, -0.2) is 4.79 Å². The van der Waals surface area contributed by atoms with Crippen molar-refractivity contribution < 1.29 is 14.6 Å². The van der Waals surface area contributed by atoms with Crippen LogP contribution in [0.25, 0.3) is 0 Å². The van der Waals surface area contributed by atoms with Crippen LogP contribution in [-0.4, -0.2) is 17.7 Å². The molecule has 0 aliphatic heterocycles. The Morgan fingerprint density at radius 2 is 1.52 bits per heavy atom. The van der Waals surface area contributed by atoms with Gasteiger partial charge in [0.05, 0.1) is 6.61 Å². The van der Waals surface area contributed by atoms with E-state index in [1.165, 1.54) is 51.4 Å². The van der Waals surface area contributed by atoms with E-state index in [1.54, 1.807) is 12.1 Å². The molecule has 0 unspecified atom stereocenters. The number of hydrogen-bond acceptors (Lipinski definition) is 2. The van der Waals surface area contributed by atoms with Crippen LogP contribution in [0.15, 0.2) is 18.2 Å². The van der Waals surface area contributed by atoms with Crippen molar-refractivity contribution in [3.05, 3.63) is 29.3 Å². The fourth-order valence-electron chi connectivity index (χ4n) is 2.71. The van der Waals surface area contributed by atoms with Gasteiger partial charge in [0.25, 0.3) is 0 Å². The van der Waals surface area contributed by atoms with Crippen molar-refractivity contribution in [2.75, 3.05) is 6.61 Å². The van der Waals surface area contributed by atoms with Gasteiger partial charge in [-0.1, -0.05) is 76.3 Å². The summed E-state index contributed by atoms with van der Waals surface area (Å²) in [6.07, 6.45) is 12.8. The molecule has 0 bridgehead atoms. The minimum Gasteiger partial charge on any atom is -0.493 e. The maximum atomic E-state index is 11.2. The lowest BCUT2D eigenvalue weighted by atomic mass is 10.1. The van der Waals surface area contributed by atoms with E-state index in [-0.39, 0.29) is 5.56 Å². The maximum Gasteiger partial charge on any atom is 0.339 e. The molecule has 1 aromatic carbocycles. The van der Waals surface area contributed by atoms with E-state index >= 15 is 0 Å². The van der Waals surface area contributed by atoms with Crippen LogP contribution in [0.4, 0.5) is 0 Å². The quantitative estimate of drug-likeness (QED) is 0.454. The summed E-state index contributed by atoms with van der Waals surface area (Å²) in [5.74, 6) is -0.439. The summed E-state index contributed by atoms with van der Waals surface area (Å²) in [6, 6.07) is 5.31. The SMILES string of the molecule is CCCCCCCCCCCCOc1ccc(C)cc1C(=O)O. The van der Waals surface area contributed by atoms with Crippen LogP contribution in [0.3, 0.4) is 0 Å². The van der Waals surface area contributed by atoms with Gasteiger partial charge in [0.15, 0.2) is 0 Å². The molecule has 130 valence electrons. The van der Waals surface area contributed by atoms with Gasteiger partial charge in [-0.3, -0.25) is 0 Å². The second-order valence-electron chi connectivity index (χ2n) is 6.34. The average molecular weight is 320 g/mol. The van der Waals surface area contributed by atoms with Gasteiger partial charge in [0.2, 0.25) is 0 Å². The third kappa shape index (κ3) is 8.63. The third-order valence-corrected chi connectivity index (χ3v) is 4.12. The first kappa shape index (κ1) is 19.5. The Labute approximate surface area is 141 Å². The number of carboxylic acid groups (broad SMARTS) is 1. The van der Waals surface area contributed by atoms with Gasteiger partial charge in [-0.2, -0.15) is 0 Å². The first-order chi connectivity index (χ1) is 11.1. The Hall–Kier alpha value is -1.51. The van der Waals surface area contributed by atoms with Crippen molar-refractivity contribution >= 4 is 5.97 Å². The van der Waals surface area contributed by atoms with Crippen molar-refractivity contribution in [3.63, 3.8) is 0 Å². The topological polar surface area (TPSA) is 46.5 Å². The zero-order chi connectivity index (χ0) is 16.9. The summed E-state index contributed by atoms with van der Waals surface area (Å²) >= 11 is 0. The lowest BCUT2D eigenvalue weighted by Gasteiger charge is -2.09. The minimum absolute atomic E-state index is 0.261. The van der Waals surface area contributed by atoms with Crippen LogP contribution < -0.4 is 4.74 Å². The lowest BCUT2D eigenvalue weighted by Crippen LogP contribution is -2.05. The van der Waals surface area contributed by atoms with Crippen LogP contribution in [-0.2, 0) is 0 Å². The van der Waals surface area contributed by atoms with Crippen molar-refractivity contribution in [1.82, 2.24) is 0 Å². The molecule has 1 N–H and O–H groups in total. The summed E-state index contributed by atoms with van der Waals surface area (Å²) in [5, 5.41) is 9.19. The number of rotatable bonds is 13. The fourth-order valence-corrected chi connectivity index (χ4v) is 2.71. The molecular formula is C20H32O3. The van der Waals surface area contributed by atoms with E-state index in [2.05, 4.69) is 6.92 Å². The van der Waals surface area contributed by atoms with E-state index in [0.717, 1.165) is 18.4 Å². The number of carboxylic acids is 1. The molecule has 0 amide bonds. The Bertz CT molecular complexity index is 454. The number of aryl methyl sites for hydroxylation is 1. The van der Waals surface area contributed by atoms with Crippen LogP contribution in [0.5, 0.6) is 5.75 Å². The van der Waals surface area contributed by atoms with Crippen LogP contribution >= 0.6 is 0 Å². The highest BCUT2D eigenvalue weighted by atomic mass is 16.5. The van der Waals surface area contributed by atoms with E-state index < -0.39 is 5.97 Å². The molecule has 0 spiro atoms. The number of carbonyl (C=O) groups is 1. The standard InChI is InChI=1S/C20H32O3/c1-3-4-5-6-7-8-9-10-11-12-15-23-19-14-13-17(2)16-18(19)20(21)22/h13-14,16H,3-12,15H2,1-2H3,(H,21,22). The molecule has 3 heteroatoms. The number of hydrogen-bond donors (Lipinski definition) is 1. The highest BCUT2D eigenvalue weighted by Gasteiger charge is 2.11. The van der Waals surface area contributed by atoms with E-state index in [1.807, 2.05) is 13.0 Å². The third-order valence-electron chi connectivity index (χ3n) is 4.12. The number of aromatic carboxylic acids is 1. The number of benzene rings is 1. The summed E-state index contributed by atoms with van der Waals surface area (Å²) in [6.45, 7) is 4.73. The van der Waals surface area contributed by atoms with Gasteiger partial charge in [0, 0.05) is 0 Å². The number of unbranched alkanes of at least 4 members (excludes halogenated alkanes) is 9. The summed E-state index contributed by atoms with van der Waals surface area (Å²) < 4.78 is 5.64. The smallest absolute Gasteiger partial charge is 0.339 e. The molecule has 1 rings (SSSR count). The molecule has 3 nitrogen and oxygen atoms in total. The average Bonchev–Trinajstić information content (AvgIpc) is 2.53. The second kappa shape index (κ2) is 12.0. The van der Waals surface area contributed by atoms with Crippen molar-refractivity contribution in [3.8, 4) is 5.75 Å². The lowest BCUT2D eigenvalue weighted by molar-refractivity contribution is 0.0692. The normalized spacial score (nSPS) is 10.7. The monoisotopic (exact) mass is 320 g/mol. The Morgan fingerprint density at radius 3 is 2.09 bits per heavy atom. The van der Waals surface area contributed by atoms with Crippen molar-refractivity contribution in [2.45, 2.75) is 78.1 Å². The molecule has 0 radical (unpaired) electrons. The van der Waals surface area contributed by atoms with Gasteiger partial charge in [0.1, 0.15) is 11.3 Å². The highest BCUT2D eigenvalue weighted by molar-refractivity contribution is 5.91. The molecule has 0 fully saturated rings. The molecule has 23 heavy (non-hydrogen) atoms. The Balaban J connectivity index is 2.08. The predicted octanol–water partition coefficient (Wildman–Crippen LogP) is 5.99. The molecular weight excluding hydrogens is 288 g/mol. The summed E-state index contributed by atoms with van der Waals surface area (Å²) in [7, 11) is 0. The molecule has 0 aromatic heterocycles. The summed E-state index contributed by atoms with van der Waals surface area (Å²) in [4.78, 5) is 11.2. The van der Waals surface area contributed by atoms with Gasteiger partial charge in [-0.05, 0) is 25.5 Å². The van der Waals surface area contributed by atoms with Crippen LogP contribution in [0.1, 0.15) is 87.1 Å². The molecule has 0 atom stereocenters. The van der Waals surface area contributed by atoms with Crippen LogP contribution in [0.2, 0.25) is 0 Å². The molecule has 0 saturated carbocycles. The molecule has 0 aliphatic carbocycles. The zero-order valence-electron chi connectivity index (χ0n) is 14.8. The van der Waals surface area contributed by atoms with Crippen LogP contribution in [0, 0.1) is 6.92 Å². The highest BCUT2D eigenvalue weighted by Crippen LogP contribution is 2.20. The first-order valence-electron chi connectivity index (χ1n) is 9.12. The molecule has 0 aliphatic rings. The molecule has 1 aromatic rings. The van der Waals surface area contributed by atoms with Gasteiger partial charge < -0.3 is 9.84 Å². The van der Waals surface area contributed by atoms with Gasteiger partial charge >= 0.3 is 5.97 Å². The van der Waals surface area contributed by atoms with Crippen molar-refractivity contribution in [2.24, 2.45) is 0 Å².